The molecule has 2 rings (SSSR count). The van der Waals surface area contributed by atoms with Gasteiger partial charge in [0.05, 0.1) is 18.4 Å². The van der Waals surface area contributed by atoms with Crippen LogP contribution in [0.25, 0.3) is 0 Å². The molecular weight excluding hydrogens is 204 g/mol. The fourth-order valence-electron chi connectivity index (χ4n) is 1.39. The first kappa shape index (κ1) is 10.2. The van der Waals surface area contributed by atoms with Crippen molar-refractivity contribution in [3.05, 3.63) is 52.4 Å². The SMILES string of the molecule is Nc1cnn(Cc2ccccc2)c(=O)c1N. The predicted octanol–water partition coefficient (Wildman–Crippen LogP) is 0.456. The molecule has 82 valence electrons. The summed E-state index contributed by atoms with van der Waals surface area (Å²) in [6.07, 6.45) is 1.39. The van der Waals surface area contributed by atoms with Crippen molar-refractivity contribution >= 4 is 11.4 Å². The zero-order valence-electron chi connectivity index (χ0n) is 8.63. The van der Waals surface area contributed by atoms with E-state index in [-0.39, 0.29) is 16.9 Å². The maximum atomic E-state index is 11.7. The van der Waals surface area contributed by atoms with Crippen LogP contribution in [0.15, 0.2) is 41.3 Å². The molecule has 1 heterocycles. The molecule has 0 aliphatic heterocycles. The van der Waals surface area contributed by atoms with Crippen LogP contribution in [0, 0.1) is 0 Å². The Morgan fingerprint density at radius 1 is 1.19 bits per heavy atom. The van der Waals surface area contributed by atoms with E-state index < -0.39 is 0 Å². The number of benzene rings is 1. The minimum Gasteiger partial charge on any atom is -0.396 e. The molecule has 5 nitrogen and oxygen atoms in total. The molecule has 0 atom stereocenters. The van der Waals surface area contributed by atoms with Gasteiger partial charge < -0.3 is 11.5 Å². The van der Waals surface area contributed by atoms with E-state index in [0.29, 0.717) is 6.54 Å². The number of rotatable bonds is 2. The smallest absolute Gasteiger partial charge is 0.292 e. The van der Waals surface area contributed by atoms with E-state index in [0.717, 1.165) is 5.56 Å². The van der Waals surface area contributed by atoms with Crippen molar-refractivity contribution in [1.82, 2.24) is 9.78 Å². The molecule has 0 saturated carbocycles. The second kappa shape index (κ2) is 4.06. The highest BCUT2D eigenvalue weighted by Gasteiger charge is 2.05. The third-order valence-corrected chi connectivity index (χ3v) is 2.29. The molecule has 0 aliphatic carbocycles. The van der Waals surface area contributed by atoms with Gasteiger partial charge in [-0.15, -0.1) is 0 Å². The zero-order valence-corrected chi connectivity index (χ0v) is 8.63. The van der Waals surface area contributed by atoms with E-state index in [1.807, 2.05) is 30.3 Å². The fourth-order valence-corrected chi connectivity index (χ4v) is 1.39. The van der Waals surface area contributed by atoms with E-state index in [9.17, 15) is 4.79 Å². The van der Waals surface area contributed by atoms with Crippen LogP contribution in [0.5, 0.6) is 0 Å². The van der Waals surface area contributed by atoms with Crippen LogP contribution in [0.2, 0.25) is 0 Å². The standard InChI is InChI=1S/C11H12N4O/c12-9-6-14-15(11(16)10(9)13)7-8-4-2-1-3-5-8/h1-6H,7,12-13H2. The van der Waals surface area contributed by atoms with Crippen LogP contribution in [-0.4, -0.2) is 9.78 Å². The molecule has 4 N–H and O–H groups in total. The summed E-state index contributed by atoms with van der Waals surface area (Å²) in [5, 5.41) is 3.93. The Morgan fingerprint density at radius 3 is 2.56 bits per heavy atom. The molecular formula is C11H12N4O. The van der Waals surface area contributed by atoms with Gasteiger partial charge in [-0.2, -0.15) is 5.10 Å². The first-order chi connectivity index (χ1) is 7.68. The molecule has 0 aliphatic rings. The summed E-state index contributed by atoms with van der Waals surface area (Å²) < 4.78 is 1.29. The Labute approximate surface area is 92.3 Å². The van der Waals surface area contributed by atoms with Gasteiger partial charge in [0.2, 0.25) is 0 Å². The van der Waals surface area contributed by atoms with Crippen molar-refractivity contribution in [2.45, 2.75) is 6.54 Å². The van der Waals surface area contributed by atoms with Crippen LogP contribution in [0.1, 0.15) is 5.56 Å². The third kappa shape index (κ3) is 1.88. The van der Waals surface area contributed by atoms with Crippen molar-refractivity contribution in [2.24, 2.45) is 0 Å². The second-order valence-corrected chi connectivity index (χ2v) is 3.46. The van der Waals surface area contributed by atoms with Gasteiger partial charge in [-0.3, -0.25) is 4.79 Å². The first-order valence-electron chi connectivity index (χ1n) is 4.83. The van der Waals surface area contributed by atoms with Crippen LogP contribution >= 0.6 is 0 Å². The van der Waals surface area contributed by atoms with Gasteiger partial charge in [-0.05, 0) is 5.56 Å². The fraction of sp³-hybridized carbons (Fsp3) is 0.0909. The lowest BCUT2D eigenvalue weighted by atomic mass is 10.2. The molecule has 1 aromatic carbocycles. The number of nitrogen functional groups attached to an aromatic ring is 2. The minimum absolute atomic E-state index is 0.0472. The van der Waals surface area contributed by atoms with Crippen LogP contribution in [0.4, 0.5) is 11.4 Å². The molecule has 0 bridgehead atoms. The summed E-state index contributed by atoms with van der Waals surface area (Å²) >= 11 is 0. The quantitative estimate of drug-likeness (QED) is 0.763. The molecule has 0 spiro atoms. The average Bonchev–Trinajstić information content (AvgIpc) is 2.31. The Balaban J connectivity index is 2.37. The molecule has 0 radical (unpaired) electrons. The van der Waals surface area contributed by atoms with E-state index in [1.165, 1.54) is 10.9 Å². The Hall–Kier alpha value is -2.30. The largest absolute Gasteiger partial charge is 0.396 e. The summed E-state index contributed by atoms with van der Waals surface area (Å²) in [6.45, 7) is 0.393. The van der Waals surface area contributed by atoms with E-state index in [2.05, 4.69) is 5.10 Å². The van der Waals surface area contributed by atoms with Gasteiger partial charge in [-0.25, -0.2) is 4.68 Å². The van der Waals surface area contributed by atoms with Crippen LogP contribution in [0.3, 0.4) is 0 Å². The third-order valence-electron chi connectivity index (χ3n) is 2.29. The van der Waals surface area contributed by atoms with Gasteiger partial charge in [0, 0.05) is 0 Å². The average molecular weight is 216 g/mol. The van der Waals surface area contributed by atoms with Crippen molar-refractivity contribution in [1.29, 1.82) is 0 Å². The highest BCUT2D eigenvalue weighted by Crippen LogP contribution is 2.05. The lowest BCUT2D eigenvalue weighted by Crippen LogP contribution is -2.26. The number of hydrogen-bond acceptors (Lipinski definition) is 4. The molecule has 0 saturated heterocycles. The first-order valence-corrected chi connectivity index (χ1v) is 4.83. The normalized spacial score (nSPS) is 10.2. The van der Waals surface area contributed by atoms with E-state index in [4.69, 9.17) is 11.5 Å². The van der Waals surface area contributed by atoms with E-state index >= 15 is 0 Å². The van der Waals surface area contributed by atoms with Gasteiger partial charge in [0.15, 0.2) is 0 Å². The molecule has 0 amide bonds. The molecule has 1 aromatic heterocycles. The summed E-state index contributed by atoms with van der Waals surface area (Å²) in [5.41, 5.74) is 11.9. The Bertz CT molecular complexity index is 548. The predicted molar refractivity (Wildman–Crippen MR) is 62.9 cm³/mol. The van der Waals surface area contributed by atoms with Gasteiger partial charge in [-0.1, -0.05) is 30.3 Å². The van der Waals surface area contributed by atoms with Gasteiger partial charge in [0.25, 0.3) is 5.56 Å². The molecule has 2 aromatic rings. The number of hydrogen-bond donors (Lipinski definition) is 2. The van der Waals surface area contributed by atoms with Crippen molar-refractivity contribution < 1.29 is 0 Å². The second-order valence-electron chi connectivity index (χ2n) is 3.46. The topological polar surface area (TPSA) is 86.9 Å². The number of nitrogens with two attached hydrogens (primary N) is 2. The Kier molecular flexibility index (Phi) is 2.59. The highest BCUT2D eigenvalue weighted by atomic mass is 16.1. The number of anilines is 2. The number of nitrogens with zero attached hydrogens (tertiary/aromatic N) is 2. The van der Waals surface area contributed by atoms with Gasteiger partial charge in [0.1, 0.15) is 5.69 Å². The highest BCUT2D eigenvalue weighted by molar-refractivity contribution is 5.59. The molecule has 16 heavy (non-hydrogen) atoms. The molecule has 0 fully saturated rings. The zero-order chi connectivity index (χ0) is 11.5. The monoisotopic (exact) mass is 216 g/mol. The summed E-state index contributed by atoms with van der Waals surface area (Å²) in [4.78, 5) is 11.7. The van der Waals surface area contributed by atoms with Crippen LogP contribution < -0.4 is 17.0 Å². The Morgan fingerprint density at radius 2 is 1.88 bits per heavy atom. The maximum absolute atomic E-state index is 11.7. The summed E-state index contributed by atoms with van der Waals surface area (Å²) in [6, 6.07) is 9.56. The molecule has 5 heteroatoms. The lowest BCUT2D eigenvalue weighted by Gasteiger charge is -2.06. The van der Waals surface area contributed by atoms with Crippen molar-refractivity contribution in [2.75, 3.05) is 11.5 Å². The summed E-state index contributed by atoms with van der Waals surface area (Å²) in [7, 11) is 0. The van der Waals surface area contributed by atoms with Crippen molar-refractivity contribution in [3.63, 3.8) is 0 Å². The minimum atomic E-state index is -0.358. The number of aromatic nitrogens is 2. The van der Waals surface area contributed by atoms with Crippen molar-refractivity contribution in [3.8, 4) is 0 Å². The van der Waals surface area contributed by atoms with Gasteiger partial charge >= 0.3 is 0 Å². The lowest BCUT2D eigenvalue weighted by molar-refractivity contribution is 0.643. The van der Waals surface area contributed by atoms with E-state index in [1.54, 1.807) is 0 Å². The van der Waals surface area contributed by atoms with Crippen LogP contribution in [-0.2, 0) is 6.54 Å². The summed E-state index contributed by atoms with van der Waals surface area (Å²) in [5.74, 6) is 0. The molecule has 0 unspecified atom stereocenters. The maximum Gasteiger partial charge on any atom is 0.292 e.